The number of ether oxygens (including phenoxy) is 2. The minimum Gasteiger partial charge on any atom is -0.490 e. The normalized spacial score (nSPS) is 10.5. The number of rotatable bonds is 8. The van der Waals surface area contributed by atoms with E-state index in [1.54, 1.807) is 36.4 Å². The van der Waals surface area contributed by atoms with E-state index in [1.165, 1.54) is 0 Å². The first-order valence-electron chi connectivity index (χ1n) is 8.87. The van der Waals surface area contributed by atoms with Crippen LogP contribution in [0.3, 0.4) is 0 Å². The van der Waals surface area contributed by atoms with Crippen molar-refractivity contribution in [3.8, 4) is 22.9 Å². The van der Waals surface area contributed by atoms with E-state index >= 15 is 0 Å². The lowest BCUT2D eigenvalue weighted by atomic mass is 10.2. The SMILES string of the molecule is CCOc1ccc(C(=O)NCc2nc(-c3cccc(Cl)c3)no2)cc1OCC. The molecule has 7 nitrogen and oxygen atoms in total. The summed E-state index contributed by atoms with van der Waals surface area (Å²) < 4.78 is 16.3. The highest BCUT2D eigenvalue weighted by Crippen LogP contribution is 2.28. The minimum atomic E-state index is -0.286. The molecule has 3 rings (SSSR count). The summed E-state index contributed by atoms with van der Waals surface area (Å²) in [4.78, 5) is 16.7. The Balaban J connectivity index is 1.66. The van der Waals surface area contributed by atoms with Gasteiger partial charge in [0.2, 0.25) is 11.7 Å². The largest absolute Gasteiger partial charge is 0.490 e. The summed E-state index contributed by atoms with van der Waals surface area (Å²) in [6.45, 7) is 4.84. The van der Waals surface area contributed by atoms with Crippen LogP contribution in [-0.2, 0) is 6.54 Å². The number of halogens is 1. The average molecular weight is 402 g/mol. The molecule has 8 heteroatoms. The lowest BCUT2D eigenvalue weighted by Gasteiger charge is -2.12. The van der Waals surface area contributed by atoms with Crippen LogP contribution in [0.25, 0.3) is 11.4 Å². The molecule has 1 N–H and O–H groups in total. The van der Waals surface area contributed by atoms with Gasteiger partial charge < -0.3 is 19.3 Å². The number of carbonyl (C=O) groups excluding carboxylic acids is 1. The molecule has 28 heavy (non-hydrogen) atoms. The first kappa shape index (κ1) is 19.7. The van der Waals surface area contributed by atoms with Crippen LogP contribution in [0.4, 0.5) is 0 Å². The zero-order valence-corrected chi connectivity index (χ0v) is 16.3. The third-order valence-corrected chi connectivity index (χ3v) is 3.99. The van der Waals surface area contributed by atoms with Gasteiger partial charge >= 0.3 is 0 Å². The Morgan fingerprint density at radius 3 is 2.64 bits per heavy atom. The number of hydrogen-bond donors (Lipinski definition) is 1. The number of carbonyl (C=O) groups is 1. The predicted molar refractivity (Wildman–Crippen MR) is 105 cm³/mol. The van der Waals surface area contributed by atoms with Gasteiger partial charge in [0.05, 0.1) is 19.8 Å². The number of nitrogens with zero attached hydrogens (tertiary/aromatic N) is 2. The molecule has 0 saturated heterocycles. The van der Waals surface area contributed by atoms with E-state index < -0.39 is 0 Å². The zero-order valence-electron chi connectivity index (χ0n) is 15.6. The van der Waals surface area contributed by atoms with E-state index in [4.69, 9.17) is 25.6 Å². The van der Waals surface area contributed by atoms with Crippen molar-refractivity contribution >= 4 is 17.5 Å². The number of aromatic nitrogens is 2. The smallest absolute Gasteiger partial charge is 0.251 e. The summed E-state index contributed by atoms with van der Waals surface area (Å²) in [6, 6.07) is 12.2. The van der Waals surface area contributed by atoms with Gasteiger partial charge in [-0.2, -0.15) is 4.98 Å². The Kier molecular flexibility index (Phi) is 6.49. The standard InChI is InChI=1S/C20H20ClN3O4/c1-3-26-16-9-8-14(11-17(16)27-4-2)20(25)22-12-18-23-19(24-28-18)13-6-5-7-15(21)10-13/h5-11H,3-4,12H2,1-2H3,(H,22,25). The van der Waals surface area contributed by atoms with Gasteiger partial charge in [-0.1, -0.05) is 28.9 Å². The monoisotopic (exact) mass is 401 g/mol. The molecule has 0 spiro atoms. The lowest BCUT2D eigenvalue weighted by Crippen LogP contribution is -2.23. The molecule has 0 aliphatic rings. The van der Waals surface area contributed by atoms with E-state index in [-0.39, 0.29) is 12.5 Å². The summed E-state index contributed by atoms with van der Waals surface area (Å²) in [5, 5.41) is 7.25. The molecular weight excluding hydrogens is 382 g/mol. The molecular formula is C20H20ClN3O4. The second kappa shape index (κ2) is 9.23. The Hall–Kier alpha value is -3.06. The van der Waals surface area contributed by atoms with E-state index in [0.29, 0.717) is 47.0 Å². The maximum Gasteiger partial charge on any atom is 0.251 e. The Morgan fingerprint density at radius 2 is 1.89 bits per heavy atom. The van der Waals surface area contributed by atoms with E-state index in [1.807, 2.05) is 19.9 Å². The highest BCUT2D eigenvalue weighted by Gasteiger charge is 2.14. The summed E-state index contributed by atoms with van der Waals surface area (Å²) in [5.41, 5.74) is 1.18. The number of amides is 1. The molecule has 1 aromatic heterocycles. The molecule has 1 heterocycles. The highest BCUT2D eigenvalue weighted by atomic mass is 35.5. The topological polar surface area (TPSA) is 86.5 Å². The van der Waals surface area contributed by atoms with Crippen molar-refractivity contribution < 1.29 is 18.8 Å². The maximum absolute atomic E-state index is 12.5. The summed E-state index contributed by atoms with van der Waals surface area (Å²) in [5.74, 6) is 1.54. The third kappa shape index (κ3) is 4.80. The fraction of sp³-hybridized carbons (Fsp3) is 0.250. The van der Waals surface area contributed by atoms with Crippen LogP contribution in [-0.4, -0.2) is 29.3 Å². The Bertz CT molecular complexity index is 958. The van der Waals surface area contributed by atoms with Crippen LogP contribution in [0.15, 0.2) is 47.0 Å². The van der Waals surface area contributed by atoms with E-state index in [0.717, 1.165) is 5.56 Å². The van der Waals surface area contributed by atoms with Crippen LogP contribution >= 0.6 is 11.6 Å². The molecule has 0 aliphatic carbocycles. The lowest BCUT2D eigenvalue weighted by molar-refractivity contribution is 0.0945. The van der Waals surface area contributed by atoms with Gasteiger partial charge in [-0.15, -0.1) is 0 Å². The van der Waals surface area contributed by atoms with Crippen LogP contribution in [0.2, 0.25) is 5.02 Å². The molecule has 3 aromatic rings. The maximum atomic E-state index is 12.5. The molecule has 0 fully saturated rings. The van der Waals surface area contributed by atoms with Gasteiger partial charge in [-0.05, 0) is 44.2 Å². The molecule has 1 amide bonds. The summed E-state index contributed by atoms with van der Waals surface area (Å²) in [7, 11) is 0. The fourth-order valence-electron chi connectivity index (χ4n) is 2.52. The van der Waals surface area contributed by atoms with Gasteiger partial charge in [0.15, 0.2) is 11.5 Å². The first-order valence-corrected chi connectivity index (χ1v) is 9.24. The van der Waals surface area contributed by atoms with Crippen molar-refractivity contribution in [3.63, 3.8) is 0 Å². The Morgan fingerprint density at radius 1 is 1.11 bits per heavy atom. The van der Waals surface area contributed by atoms with Crippen molar-refractivity contribution in [3.05, 3.63) is 58.9 Å². The summed E-state index contributed by atoms with van der Waals surface area (Å²) in [6.07, 6.45) is 0. The number of nitrogens with one attached hydrogen (secondary N) is 1. The first-order chi connectivity index (χ1) is 13.6. The van der Waals surface area contributed by atoms with Crippen LogP contribution in [0, 0.1) is 0 Å². The van der Waals surface area contributed by atoms with Crippen LogP contribution in [0.5, 0.6) is 11.5 Å². The van der Waals surface area contributed by atoms with Crippen molar-refractivity contribution in [1.82, 2.24) is 15.5 Å². The molecule has 0 saturated carbocycles. The van der Waals surface area contributed by atoms with E-state index in [2.05, 4.69) is 15.5 Å². The number of hydrogen-bond acceptors (Lipinski definition) is 6. The van der Waals surface area contributed by atoms with Gasteiger partial charge in [0, 0.05) is 16.1 Å². The molecule has 0 atom stereocenters. The molecule has 146 valence electrons. The predicted octanol–water partition coefficient (Wildman–Crippen LogP) is 4.12. The van der Waals surface area contributed by atoms with Crippen molar-refractivity contribution in [2.45, 2.75) is 20.4 Å². The highest BCUT2D eigenvalue weighted by molar-refractivity contribution is 6.30. The van der Waals surface area contributed by atoms with Crippen molar-refractivity contribution in [2.24, 2.45) is 0 Å². The molecule has 0 bridgehead atoms. The molecule has 0 aliphatic heterocycles. The van der Waals surface area contributed by atoms with Gasteiger partial charge in [-0.3, -0.25) is 4.79 Å². The van der Waals surface area contributed by atoms with Gasteiger partial charge in [-0.25, -0.2) is 0 Å². The summed E-state index contributed by atoms with van der Waals surface area (Å²) >= 11 is 5.98. The second-order valence-corrected chi connectivity index (χ2v) is 6.17. The van der Waals surface area contributed by atoms with Gasteiger partial charge in [0.1, 0.15) is 0 Å². The van der Waals surface area contributed by atoms with Crippen molar-refractivity contribution in [2.75, 3.05) is 13.2 Å². The van der Waals surface area contributed by atoms with Crippen LogP contribution in [0.1, 0.15) is 30.1 Å². The van der Waals surface area contributed by atoms with Crippen LogP contribution < -0.4 is 14.8 Å². The minimum absolute atomic E-state index is 0.101. The molecule has 2 aromatic carbocycles. The zero-order chi connectivity index (χ0) is 19.9. The molecule has 0 radical (unpaired) electrons. The fourth-order valence-corrected chi connectivity index (χ4v) is 2.71. The average Bonchev–Trinajstić information content (AvgIpc) is 3.17. The van der Waals surface area contributed by atoms with Crippen molar-refractivity contribution in [1.29, 1.82) is 0 Å². The van der Waals surface area contributed by atoms with E-state index in [9.17, 15) is 4.79 Å². The third-order valence-electron chi connectivity index (χ3n) is 3.76. The molecule has 0 unspecified atom stereocenters. The Labute approximate surface area is 167 Å². The second-order valence-electron chi connectivity index (χ2n) is 5.73. The number of benzene rings is 2. The quantitative estimate of drug-likeness (QED) is 0.611. The van der Waals surface area contributed by atoms with Gasteiger partial charge in [0.25, 0.3) is 5.91 Å².